The Morgan fingerprint density at radius 1 is 1.55 bits per heavy atom. The number of methoxy groups -OCH3 is 2. The third-order valence-corrected chi connectivity index (χ3v) is 2.13. The summed E-state index contributed by atoms with van der Waals surface area (Å²) in [5, 5.41) is 0. The van der Waals surface area contributed by atoms with Crippen molar-refractivity contribution < 1.29 is 14.3 Å². The second-order valence-corrected chi connectivity index (χ2v) is 2.86. The molecule has 4 heteroatoms. The fourth-order valence-corrected chi connectivity index (χ4v) is 1.39. The van der Waals surface area contributed by atoms with Crippen LogP contribution < -0.4 is 5.73 Å². The molecular formula is C7H13NO3. The molecule has 4 nitrogen and oxygen atoms in total. The molecule has 64 valence electrons. The van der Waals surface area contributed by atoms with Crippen molar-refractivity contribution in [3.05, 3.63) is 0 Å². The van der Waals surface area contributed by atoms with Crippen LogP contribution in [0.2, 0.25) is 0 Å². The molecule has 0 atom stereocenters. The van der Waals surface area contributed by atoms with E-state index in [0.29, 0.717) is 12.8 Å². The van der Waals surface area contributed by atoms with Crippen molar-refractivity contribution >= 4 is 5.97 Å². The van der Waals surface area contributed by atoms with E-state index in [1.165, 1.54) is 14.2 Å². The van der Waals surface area contributed by atoms with Crippen LogP contribution in [-0.2, 0) is 14.3 Å². The Morgan fingerprint density at radius 3 is 2.36 bits per heavy atom. The third-order valence-electron chi connectivity index (χ3n) is 2.13. The lowest BCUT2D eigenvalue weighted by Gasteiger charge is -2.41. The standard InChI is InChI=1S/C7H13NO3/c1-10-6(9)7(11-2)3-5(8)4-7/h5H,3-4,8H2,1-2H3. The summed E-state index contributed by atoms with van der Waals surface area (Å²) in [6, 6.07) is 0.0778. The van der Waals surface area contributed by atoms with E-state index in [9.17, 15) is 4.79 Å². The number of esters is 1. The van der Waals surface area contributed by atoms with Crippen LogP contribution in [0.5, 0.6) is 0 Å². The van der Waals surface area contributed by atoms with Gasteiger partial charge >= 0.3 is 5.97 Å². The zero-order chi connectivity index (χ0) is 8.48. The van der Waals surface area contributed by atoms with Crippen molar-refractivity contribution in [2.24, 2.45) is 5.73 Å². The van der Waals surface area contributed by atoms with Gasteiger partial charge in [-0.3, -0.25) is 0 Å². The van der Waals surface area contributed by atoms with E-state index >= 15 is 0 Å². The van der Waals surface area contributed by atoms with Crippen molar-refractivity contribution in [2.75, 3.05) is 14.2 Å². The second kappa shape index (κ2) is 2.79. The van der Waals surface area contributed by atoms with Crippen molar-refractivity contribution in [3.8, 4) is 0 Å². The van der Waals surface area contributed by atoms with Gasteiger partial charge in [-0.05, 0) is 0 Å². The van der Waals surface area contributed by atoms with Gasteiger partial charge in [0.2, 0.25) is 0 Å². The van der Waals surface area contributed by atoms with Gasteiger partial charge in [0.05, 0.1) is 7.11 Å². The second-order valence-electron chi connectivity index (χ2n) is 2.86. The first-order valence-corrected chi connectivity index (χ1v) is 3.54. The zero-order valence-corrected chi connectivity index (χ0v) is 6.79. The first-order chi connectivity index (χ1) is 5.14. The minimum Gasteiger partial charge on any atom is -0.467 e. The number of hydrogen-bond donors (Lipinski definition) is 1. The summed E-state index contributed by atoms with van der Waals surface area (Å²) in [5.41, 5.74) is 4.79. The number of carbonyl (C=O) groups excluding carboxylic acids is 1. The number of ether oxygens (including phenoxy) is 2. The number of hydrogen-bond acceptors (Lipinski definition) is 4. The average molecular weight is 159 g/mol. The molecule has 0 heterocycles. The highest BCUT2D eigenvalue weighted by Gasteiger charge is 2.50. The van der Waals surface area contributed by atoms with E-state index in [-0.39, 0.29) is 12.0 Å². The van der Waals surface area contributed by atoms with Crippen molar-refractivity contribution in [1.82, 2.24) is 0 Å². The smallest absolute Gasteiger partial charge is 0.338 e. The molecule has 0 aromatic rings. The summed E-state index contributed by atoms with van der Waals surface area (Å²) < 4.78 is 9.62. The van der Waals surface area contributed by atoms with Crippen LogP contribution in [0.15, 0.2) is 0 Å². The fraction of sp³-hybridized carbons (Fsp3) is 0.857. The maximum Gasteiger partial charge on any atom is 0.338 e. The molecule has 0 spiro atoms. The molecule has 1 rings (SSSR count). The topological polar surface area (TPSA) is 61.5 Å². The molecule has 0 aliphatic heterocycles. The molecule has 0 aromatic heterocycles. The van der Waals surface area contributed by atoms with Gasteiger partial charge in [-0.25, -0.2) is 4.79 Å². The van der Waals surface area contributed by atoms with Crippen LogP contribution in [0.4, 0.5) is 0 Å². The average Bonchev–Trinajstić information content (AvgIpc) is 1.96. The Balaban J connectivity index is 2.57. The van der Waals surface area contributed by atoms with Crippen LogP contribution in [0, 0.1) is 0 Å². The van der Waals surface area contributed by atoms with Crippen molar-refractivity contribution in [1.29, 1.82) is 0 Å². The lowest BCUT2D eigenvalue weighted by molar-refractivity contribution is -0.179. The zero-order valence-electron chi connectivity index (χ0n) is 6.79. The Labute approximate surface area is 65.7 Å². The molecule has 0 aromatic carbocycles. The van der Waals surface area contributed by atoms with Gasteiger partial charge in [0.1, 0.15) is 0 Å². The molecule has 0 unspecified atom stereocenters. The third kappa shape index (κ3) is 1.23. The Hall–Kier alpha value is -0.610. The van der Waals surface area contributed by atoms with E-state index in [4.69, 9.17) is 10.5 Å². The van der Waals surface area contributed by atoms with Crippen molar-refractivity contribution in [3.63, 3.8) is 0 Å². The van der Waals surface area contributed by atoms with E-state index in [2.05, 4.69) is 4.74 Å². The van der Waals surface area contributed by atoms with Crippen LogP contribution in [0.3, 0.4) is 0 Å². The van der Waals surface area contributed by atoms with Gasteiger partial charge < -0.3 is 15.2 Å². The minimum atomic E-state index is -0.742. The molecule has 1 aliphatic carbocycles. The first-order valence-electron chi connectivity index (χ1n) is 3.54. The quantitative estimate of drug-likeness (QED) is 0.560. The van der Waals surface area contributed by atoms with E-state index in [1.807, 2.05) is 0 Å². The molecule has 0 bridgehead atoms. The van der Waals surface area contributed by atoms with Gasteiger partial charge in [0.15, 0.2) is 5.60 Å². The number of rotatable bonds is 2. The SMILES string of the molecule is COC(=O)C1(OC)CC(N)C1. The highest BCUT2D eigenvalue weighted by Crippen LogP contribution is 2.35. The Morgan fingerprint density at radius 2 is 2.09 bits per heavy atom. The summed E-state index contributed by atoms with van der Waals surface area (Å²) in [4.78, 5) is 11.1. The molecule has 0 amide bonds. The normalized spacial score (nSPS) is 36.1. The lowest BCUT2D eigenvalue weighted by Crippen LogP contribution is -2.58. The molecule has 0 saturated heterocycles. The van der Waals surface area contributed by atoms with Gasteiger partial charge in [-0.1, -0.05) is 0 Å². The molecule has 0 radical (unpaired) electrons. The van der Waals surface area contributed by atoms with Crippen LogP contribution in [0.25, 0.3) is 0 Å². The Kier molecular flexibility index (Phi) is 2.15. The summed E-state index contributed by atoms with van der Waals surface area (Å²) in [5.74, 6) is -0.318. The van der Waals surface area contributed by atoms with Crippen LogP contribution >= 0.6 is 0 Å². The monoisotopic (exact) mass is 159 g/mol. The summed E-state index contributed by atoms with van der Waals surface area (Å²) in [7, 11) is 2.86. The van der Waals surface area contributed by atoms with Crippen LogP contribution in [-0.4, -0.2) is 31.8 Å². The number of carbonyl (C=O) groups is 1. The molecule has 11 heavy (non-hydrogen) atoms. The van der Waals surface area contributed by atoms with E-state index in [0.717, 1.165) is 0 Å². The molecule has 1 aliphatic rings. The predicted molar refractivity (Wildman–Crippen MR) is 39.0 cm³/mol. The molecule has 2 N–H and O–H groups in total. The Bertz CT molecular complexity index is 163. The van der Waals surface area contributed by atoms with Gasteiger partial charge in [0.25, 0.3) is 0 Å². The molecule has 1 saturated carbocycles. The highest BCUT2D eigenvalue weighted by atomic mass is 16.6. The van der Waals surface area contributed by atoms with Gasteiger partial charge in [-0.15, -0.1) is 0 Å². The van der Waals surface area contributed by atoms with Crippen molar-refractivity contribution in [2.45, 2.75) is 24.5 Å². The largest absolute Gasteiger partial charge is 0.467 e. The predicted octanol–water partition coefficient (Wildman–Crippen LogP) is -0.334. The summed E-state index contributed by atoms with van der Waals surface area (Å²) >= 11 is 0. The maximum atomic E-state index is 11.1. The fourth-order valence-electron chi connectivity index (χ4n) is 1.39. The molecule has 1 fully saturated rings. The van der Waals surface area contributed by atoms with Crippen LogP contribution in [0.1, 0.15) is 12.8 Å². The first kappa shape index (κ1) is 8.49. The summed E-state index contributed by atoms with van der Waals surface area (Å²) in [6.45, 7) is 0. The lowest BCUT2D eigenvalue weighted by atomic mass is 9.76. The minimum absolute atomic E-state index is 0.0778. The van der Waals surface area contributed by atoms with Gasteiger partial charge in [0, 0.05) is 26.0 Å². The highest BCUT2D eigenvalue weighted by molar-refractivity contribution is 5.81. The van der Waals surface area contributed by atoms with E-state index < -0.39 is 5.60 Å². The number of nitrogens with two attached hydrogens (primary N) is 1. The summed E-state index contributed by atoms with van der Waals surface area (Å²) in [6.07, 6.45) is 1.13. The van der Waals surface area contributed by atoms with E-state index in [1.54, 1.807) is 0 Å². The maximum absolute atomic E-state index is 11.1. The van der Waals surface area contributed by atoms with Gasteiger partial charge in [-0.2, -0.15) is 0 Å². The molecular weight excluding hydrogens is 146 g/mol.